The van der Waals surface area contributed by atoms with Gasteiger partial charge in [-0.2, -0.15) is 0 Å². The maximum absolute atomic E-state index is 11.6. The van der Waals surface area contributed by atoms with Crippen LogP contribution in [0.2, 0.25) is 0 Å². The number of carbonyl (C=O) groups is 1. The zero-order valence-corrected chi connectivity index (χ0v) is 11.5. The van der Waals surface area contributed by atoms with Crippen molar-refractivity contribution in [3.63, 3.8) is 0 Å². The molecule has 0 saturated carbocycles. The first-order valence-electron chi connectivity index (χ1n) is 5.52. The van der Waals surface area contributed by atoms with Gasteiger partial charge in [0.25, 0.3) is 0 Å². The second kappa shape index (κ2) is 9.87. The van der Waals surface area contributed by atoms with Gasteiger partial charge in [-0.3, -0.25) is 4.79 Å². The zero-order chi connectivity index (χ0) is 11.8. The second-order valence-corrected chi connectivity index (χ2v) is 4.43. The molecule has 0 aromatic carbocycles. The van der Waals surface area contributed by atoms with Crippen LogP contribution in [0.25, 0.3) is 0 Å². The molecular weight excluding hydrogens is 228 g/mol. The minimum absolute atomic E-state index is 0. The summed E-state index contributed by atoms with van der Waals surface area (Å²) in [6, 6.07) is -0.273. The molecule has 2 atom stereocenters. The highest BCUT2D eigenvalue weighted by atomic mass is 35.5. The lowest BCUT2D eigenvalue weighted by Gasteiger charge is -2.18. The van der Waals surface area contributed by atoms with Gasteiger partial charge in [-0.25, -0.2) is 0 Å². The molecule has 0 aliphatic rings. The molecule has 0 spiro atoms. The normalized spacial score (nSPS) is 14.1. The first-order chi connectivity index (χ1) is 6.97. The lowest BCUT2D eigenvalue weighted by atomic mass is 10.0. The highest BCUT2D eigenvalue weighted by molar-refractivity contribution is 5.85. The zero-order valence-electron chi connectivity index (χ0n) is 10.7. The smallest absolute Gasteiger partial charge is 0.237 e. The number of amides is 1. The predicted octanol–water partition coefficient (Wildman–Crippen LogP) is 1.32. The van der Waals surface area contributed by atoms with Crippen molar-refractivity contribution in [3.05, 3.63) is 0 Å². The minimum atomic E-state index is -0.394. The SMILES string of the molecule is COCCC(C)NC(=O)[C@@H](N)CC(C)C.Cl. The molecule has 4 nitrogen and oxygen atoms in total. The summed E-state index contributed by atoms with van der Waals surface area (Å²) in [5.41, 5.74) is 5.75. The summed E-state index contributed by atoms with van der Waals surface area (Å²) in [6.07, 6.45) is 1.54. The molecule has 0 fully saturated rings. The van der Waals surface area contributed by atoms with E-state index in [1.807, 2.05) is 6.92 Å². The van der Waals surface area contributed by atoms with Gasteiger partial charge in [0, 0.05) is 19.8 Å². The van der Waals surface area contributed by atoms with Crippen LogP contribution in [-0.4, -0.2) is 31.7 Å². The standard InChI is InChI=1S/C11H24N2O2.ClH/c1-8(2)7-10(12)11(14)13-9(3)5-6-15-4;/h8-10H,5-7,12H2,1-4H3,(H,13,14);1H/t9?,10-;/m0./s1. The molecule has 98 valence electrons. The molecule has 0 heterocycles. The Morgan fingerprint density at radius 2 is 1.94 bits per heavy atom. The monoisotopic (exact) mass is 252 g/mol. The fourth-order valence-corrected chi connectivity index (χ4v) is 1.33. The topological polar surface area (TPSA) is 64.3 Å². The number of nitrogens with two attached hydrogens (primary N) is 1. The van der Waals surface area contributed by atoms with E-state index in [1.165, 1.54) is 0 Å². The average molecular weight is 253 g/mol. The number of rotatable bonds is 7. The molecule has 0 aliphatic carbocycles. The van der Waals surface area contributed by atoms with Crippen LogP contribution < -0.4 is 11.1 Å². The third-order valence-corrected chi connectivity index (χ3v) is 2.21. The molecule has 1 unspecified atom stereocenters. The van der Waals surface area contributed by atoms with Gasteiger partial charge in [-0.15, -0.1) is 12.4 Å². The Hall–Kier alpha value is -0.320. The molecule has 0 bridgehead atoms. The molecule has 0 aliphatic heterocycles. The molecule has 0 aromatic heterocycles. The van der Waals surface area contributed by atoms with Crippen molar-refractivity contribution in [1.82, 2.24) is 5.32 Å². The van der Waals surface area contributed by atoms with Crippen molar-refractivity contribution >= 4 is 18.3 Å². The minimum Gasteiger partial charge on any atom is -0.385 e. The maximum Gasteiger partial charge on any atom is 0.237 e. The van der Waals surface area contributed by atoms with Crippen molar-refractivity contribution in [1.29, 1.82) is 0 Å². The Labute approximate surface area is 105 Å². The Morgan fingerprint density at radius 1 is 1.38 bits per heavy atom. The van der Waals surface area contributed by atoms with Crippen molar-refractivity contribution < 1.29 is 9.53 Å². The summed E-state index contributed by atoms with van der Waals surface area (Å²) in [6.45, 7) is 6.73. The van der Waals surface area contributed by atoms with E-state index >= 15 is 0 Å². The summed E-state index contributed by atoms with van der Waals surface area (Å²) < 4.78 is 4.94. The molecule has 16 heavy (non-hydrogen) atoms. The first kappa shape index (κ1) is 18.1. The Kier molecular flexibility index (Phi) is 11.1. The van der Waals surface area contributed by atoms with E-state index in [9.17, 15) is 4.79 Å². The third kappa shape index (κ3) is 8.95. The van der Waals surface area contributed by atoms with Crippen LogP contribution >= 0.6 is 12.4 Å². The Bertz CT molecular complexity index is 189. The predicted molar refractivity (Wildman–Crippen MR) is 68.8 cm³/mol. The summed E-state index contributed by atoms with van der Waals surface area (Å²) in [4.78, 5) is 11.6. The lowest BCUT2D eigenvalue weighted by molar-refractivity contribution is -0.123. The lowest BCUT2D eigenvalue weighted by Crippen LogP contribution is -2.45. The largest absolute Gasteiger partial charge is 0.385 e. The fourth-order valence-electron chi connectivity index (χ4n) is 1.33. The summed E-state index contributed by atoms with van der Waals surface area (Å²) >= 11 is 0. The Morgan fingerprint density at radius 3 is 2.38 bits per heavy atom. The number of halogens is 1. The molecule has 0 aromatic rings. The Balaban J connectivity index is 0. The van der Waals surface area contributed by atoms with Crippen LogP contribution in [0.5, 0.6) is 0 Å². The van der Waals surface area contributed by atoms with E-state index in [0.29, 0.717) is 12.5 Å². The van der Waals surface area contributed by atoms with Crippen LogP contribution in [0.4, 0.5) is 0 Å². The van der Waals surface area contributed by atoms with Crippen LogP contribution in [0, 0.1) is 5.92 Å². The number of nitrogens with one attached hydrogen (secondary N) is 1. The number of methoxy groups -OCH3 is 1. The van der Waals surface area contributed by atoms with Gasteiger partial charge in [0.1, 0.15) is 0 Å². The van der Waals surface area contributed by atoms with Crippen molar-refractivity contribution in [2.75, 3.05) is 13.7 Å². The maximum atomic E-state index is 11.6. The van der Waals surface area contributed by atoms with Gasteiger partial charge < -0.3 is 15.8 Å². The van der Waals surface area contributed by atoms with Crippen LogP contribution in [0.1, 0.15) is 33.6 Å². The molecule has 0 radical (unpaired) electrons. The summed E-state index contributed by atoms with van der Waals surface area (Å²) in [5.74, 6) is 0.382. The highest BCUT2D eigenvalue weighted by Gasteiger charge is 2.16. The number of hydrogen-bond acceptors (Lipinski definition) is 3. The van der Waals surface area contributed by atoms with Gasteiger partial charge in [0.15, 0.2) is 0 Å². The van der Waals surface area contributed by atoms with E-state index in [1.54, 1.807) is 7.11 Å². The average Bonchev–Trinajstić information content (AvgIpc) is 2.13. The van der Waals surface area contributed by atoms with Crippen molar-refractivity contribution in [2.24, 2.45) is 11.7 Å². The molecule has 3 N–H and O–H groups in total. The number of ether oxygens (including phenoxy) is 1. The summed E-state index contributed by atoms with van der Waals surface area (Å²) in [7, 11) is 1.65. The quantitative estimate of drug-likeness (QED) is 0.718. The third-order valence-electron chi connectivity index (χ3n) is 2.21. The van der Waals surface area contributed by atoms with Gasteiger partial charge in [-0.1, -0.05) is 13.8 Å². The van der Waals surface area contributed by atoms with Gasteiger partial charge >= 0.3 is 0 Å². The van der Waals surface area contributed by atoms with E-state index in [2.05, 4.69) is 19.2 Å². The van der Waals surface area contributed by atoms with Crippen LogP contribution in [0.3, 0.4) is 0 Å². The highest BCUT2D eigenvalue weighted by Crippen LogP contribution is 2.03. The van der Waals surface area contributed by atoms with Crippen molar-refractivity contribution in [3.8, 4) is 0 Å². The van der Waals surface area contributed by atoms with Gasteiger partial charge in [0.05, 0.1) is 6.04 Å². The van der Waals surface area contributed by atoms with E-state index < -0.39 is 6.04 Å². The van der Waals surface area contributed by atoms with E-state index in [4.69, 9.17) is 10.5 Å². The number of hydrogen-bond donors (Lipinski definition) is 2. The number of carbonyl (C=O) groups excluding carboxylic acids is 1. The summed E-state index contributed by atoms with van der Waals surface area (Å²) in [5, 5.41) is 2.88. The molecule has 1 amide bonds. The molecular formula is C11H25ClN2O2. The van der Waals surface area contributed by atoms with Crippen LogP contribution in [0.15, 0.2) is 0 Å². The molecule has 5 heteroatoms. The van der Waals surface area contributed by atoms with Gasteiger partial charge in [0.2, 0.25) is 5.91 Å². The molecule has 0 saturated heterocycles. The first-order valence-corrected chi connectivity index (χ1v) is 5.52. The van der Waals surface area contributed by atoms with E-state index in [-0.39, 0.29) is 24.4 Å². The van der Waals surface area contributed by atoms with Crippen molar-refractivity contribution in [2.45, 2.75) is 45.7 Å². The fraction of sp³-hybridized carbons (Fsp3) is 0.909. The second-order valence-electron chi connectivity index (χ2n) is 4.43. The van der Waals surface area contributed by atoms with E-state index in [0.717, 1.165) is 12.8 Å². The molecule has 0 rings (SSSR count). The van der Waals surface area contributed by atoms with Crippen LogP contribution in [-0.2, 0) is 9.53 Å². The van der Waals surface area contributed by atoms with Gasteiger partial charge in [-0.05, 0) is 25.7 Å².